The molecule has 98 valence electrons. The Morgan fingerprint density at radius 2 is 1.70 bits per heavy atom. The van der Waals surface area contributed by atoms with Crippen molar-refractivity contribution in [3.8, 4) is 0 Å². The van der Waals surface area contributed by atoms with Crippen LogP contribution < -0.4 is 4.90 Å². The third kappa shape index (κ3) is 1.61. The number of benzene rings is 2. The van der Waals surface area contributed by atoms with Gasteiger partial charge in [-0.3, -0.25) is 4.79 Å². The zero-order valence-electron chi connectivity index (χ0n) is 11.1. The summed E-state index contributed by atoms with van der Waals surface area (Å²) in [5.74, 6) is 0.471. The van der Waals surface area contributed by atoms with Crippen molar-refractivity contribution in [2.45, 2.75) is 18.4 Å². The highest BCUT2D eigenvalue weighted by Gasteiger charge is 2.37. The van der Waals surface area contributed by atoms with E-state index in [1.54, 1.807) is 6.08 Å². The van der Waals surface area contributed by atoms with Crippen LogP contribution in [0.2, 0.25) is 0 Å². The fourth-order valence-corrected chi connectivity index (χ4v) is 3.38. The van der Waals surface area contributed by atoms with Crippen molar-refractivity contribution in [2.24, 2.45) is 0 Å². The minimum Gasteiger partial charge on any atom is -0.302 e. The van der Waals surface area contributed by atoms with Gasteiger partial charge in [-0.05, 0) is 23.6 Å². The van der Waals surface area contributed by atoms with Crippen LogP contribution in [0.1, 0.15) is 23.5 Å². The van der Waals surface area contributed by atoms with Gasteiger partial charge in [-0.2, -0.15) is 0 Å². The van der Waals surface area contributed by atoms with Crippen molar-refractivity contribution in [3.05, 3.63) is 77.9 Å². The number of rotatable bonds is 1. The van der Waals surface area contributed by atoms with Gasteiger partial charge in [0.05, 0.1) is 6.04 Å². The van der Waals surface area contributed by atoms with Crippen LogP contribution in [0.15, 0.2) is 66.7 Å². The molecular formula is C18H15NO. The summed E-state index contributed by atoms with van der Waals surface area (Å²) in [6.07, 6.45) is 4.70. The highest BCUT2D eigenvalue weighted by Crippen LogP contribution is 2.43. The van der Waals surface area contributed by atoms with Crippen LogP contribution in [0.4, 0.5) is 5.69 Å². The van der Waals surface area contributed by atoms with Crippen LogP contribution in [0, 0.1) is 0 Å². The quantitative estimate of drug-likeness (QED) is 0.769. The first-order valence-electron chi connectivity index (χ1n) is 7.00. The number of anilines is 1. The predicted octanol–water partition coefficient (Wildman–Crippen LogP) is 3.49. The maximum atomic E-state index is 12.1. The Kier molecular flexibility index (Phi) is 2.49. The molecule has 2 nitrogen and oxygen atoms in total. The molecular weight excluding hydrogens is 246 g/mol. The molecule has 2 aromatic carbocycles. The normalized spacial score (nSPS) is 23.6. The molecule has 0 spiro atoms. The average molecular weight is 261 g/mol. The maximum absolute atomic E-state index is 12.1. The maximum Gasteiger partial charge on any atom is 0.251 e. The number of para-hydroxylation sites is 1. The second kappa shape index (κ2) is 4.34. The molecule has 2 heteroatoms. The lowest BCUT2D eigenvalue weighted by Crippen LogP contribution is -2.39. The smallest absolute Gasteiger partial charge is 0.251 e. The molecule has 2 unspecified atom stereocenters. The minimum atomic E-state index is 0.106. The third-order valence-electron chi connectivity index (χ3n) is 4.28. The van der Waals surface area contributed by atoms with Gasteiger partial charge in [0.25, 0.3) is 5.91 Å². The lowest BCUT2D eigenvalue weighted by atomic mass is 9.81. The SMILES string of the molecule is O=C1C=CC2CC(c3ccccc3)c3ccccc3N12. The number of fused-ring (bicyclic) bond motifs is 3. The van der Waals surface area contributed by atoms with Crippen molar-refractivity contribution in [3.63, 3.8) is 0 Å². The number of amides is 1. The van der Waals surface area contributed by atoms with E-state index >= 15 is 0 Å². The number of carbonyl (C=O) groups is 1. The van der Waals surface area contributed by atoms with Gasteiger partial charge in [-0.25, -0.2) is 0 Å². The van der Waals surface area contributed by atoms with Gasteiger partial charge >= 0.3 is 0 Å². The van der Waals surface area contributed by atoms with E-state index in [0.717, 1.165) is 12.1 Å². The van der Waals surface area contributed by atoms with Crippen LogP contribution in [-0.4, -0.2) is 11.9 Å². The van der Waals surface area contributed by atoms with Crippen LogP contribution in [-0.2, 0) is 4.79 Å². The first-order valence-corrected chi connectivity index (χ1v) is 7.00. The van der Waals surface area contributed by atoms with E-state index in [1.165, 1.54) is 11.1 Å². The molecule has 0 N–H and O–H groups in total. The summed E-state index contributed by atoms with van der Waals surface area (Å²) in [4.78, 5) is 14.0. The standard InChI is InChI=1S/C18H15NO/c20-18-11-10-14-12-16(13-6-2-1-3-7-13)15-8-4-5-9-17(15)19(14)18/h1-11,14,16H,12H2. The summed E-state index contributed by atoms with van der Waals surface area (Å²) in [6, 6.07) is 19.0. The third-order valence-corrected chi connectivity index (χ3v) is 4.28. The van der Waals surface area contributed by atoms with Crippen LogP contribution in [0.3, 0.4) is 0 Å². The Bertz CT molecular complexity index is 690. The molecule has 0 fully saturated rings. The second-order valence-electron chi connectivity index (χ2n) is 5.39. The molecule has 20 heavy (non-hydrogen) atoms. The summed E-state index contributed by atoms with van der Waals surface area (Å²) < 4.78 is 0. The van der Waals surface area contributed by atoms with Crippen LogP contribution in [0.5, 0.6) is 0 Å². The first kappa shape index (κ1) is 11.5. The highest BCUT2D eigenvalue weighted by atomic mass is 16.2. The summed E-state index contributed by atoms with van der Waals surface area (Å²) in [7, 11) is 0. The number of hydrogen-bond acceptors (Lipinski definition) is 1. The summed E-state index contributed by atoms with van der Waals surface area (Å²) in [5.41, 5.74) is 3.65. The van der Waals surface area contributed by atoms with Gasteiger partial charge in [0.2, 0.25) is 0 Å². The van der Waals surface area contributed by atoms with Crippen molar-refractivity contribution in [1.29, 1.82) is 0 Å². The second-order valence-corrected chi connectivity index (χ2v) is 5.39. The Balaban J connectivity index is 1.87. The van der Waals surface area contributed by atoms with E-state index < -0.39 is 0 Å². The van der Waals surface area contributed by atoms with E-state index in [2.05, 4.69) is 42.5 Å². The molecule has 1 amide bonds. The first-order chi connectivity index (χ1) is 9.84. The van der Waals surface area contributed by atoms with Crippen molar-refractivity contribution >= 4 is 11.6 Å². The molecule has 0 saturated carbocycles. The topological polar surface area (TPSA) is 20.3 Å². The summed E-state index contributed by atoms with van der Waals surface area (Å²) >= 11 is 0. The Labute approximate surface area is 118 Å². The molecule has 2 aliphatic rings. The van der Waals surface area contributed by atoms with Crippen molar-refractivity contribution < 1.29 is 4.79 Å². The van der Waals surface area contributed by atoms with Crippen LogP contribution >= 0.6 is 0 Å². The Morgan fingerprint density at radius 3 is 2.55 bits per heavy atom. The Morgan fingerprint density at radius 1 is 0.950 bits per heavy atom. The van der Waals surface area contributed by atoms with Gasteiger partial charge in [0, 0.05) is 17.7 Å². The fraction of sp³-hybridized carbons (Fsp3) is 0.167. The summed E-state index contributed by atoms with van der Waals surface area (Å²) in [6.45, 7) is 0. The monoisotopic (exact) mass is 261 g/mol. The minimum absolute atomic E-state index is 0.106. The van der Waals surface area contributed by atoms with Gasteiger partial charge in [0.15, 0.2) is 0 Å². The average Bonchev–Trinajstić information content (AvgIpc) is 2.89. The molecule has 0 bridgehead atoms. The van der Waals surface area contributed by atoms with Crippen molar-refractivity contribution in [2.75, 3.05) is 4.90 Å². The number of hydrogen-bond donors (Lipinski definition) is 0. The molecule has 2 aromatic rings. The molecule has 2 aliphatic heterocycles. The molecule has 0 saturated heterocycles. The zero-order chi connectivity index (χ0) is 13.5. The molecule has 0 aromatic heterocycles. The molecule has 4 rings (SSSR count). The van der Waals surface area contributed by atoms with Crippen molar-refractivity contribution in [1.82, 2.24) is 0 Å². The van der Waals surface area contributed by atoms with Gasteiger partial charge in [-0.1, -0.05) is 54.6 Å². The largest absolute Gasteiger partial charge is 0.302 e. The van der Waals surface area contributed by atoms with E-state index in [1.807, 2.05) is 23.1 Å². The molecule has 2 heterocycles. The van der Waals surface area contributed by atoms with E-state index in [-0.39, 0.29) is 11.9 Å². The highest BCUT2D eigenvalue weighted by molar-refractivity contribution is 6.06. The molecule has 0 aliphatic carbocycles. The lowest BCUT2D eigenvalue weighted by Gasteiger charge is -2.37. The lowest BCUT2D eigenvalue weighted by molar-refractivity contribution is -0.114. The van der Waals surface area contributed by atoms with E-state index in [0.29, 0.717) is 5.92 Å². The molecule has 2 atom stereocenters. The number of carbonyl (C=O) groups excluding carboxylic acids is 1. The van der Waals surface area contributed by atoms with Gasteiger partial charge < -0.3 is 4.90 Å². The zero-order valence-corrected chi connectivity index (χ0v) is 11.1. The van der Waals surface area contributed by atoms with Gasteiger partial charge in [-0.15, -0.1) is 0 Å². The fourth-order valence-electron chi connectivity index (χ4n) is 3.38. The predicted molar refractivity (Wildman–Crippen MR) is 79.8 cm³/mol. The summed E-state index contributed by atoms with van der Waals surface area (Å²) in [5, 5.41) is 0. The van der Waals surface area contributed by atoms with E-state index in [9.17, 15) is 4.79 Å². The number of nitrogens with zero attached hydrogens (tertiary/aromatic N) is 1. The van der Waals surface area contributed by atoms with E-state index in [4.69, 9.17) is 0 Å². The Hall–Kier alpha value is -2.35. The molecule has 0 radical (unpaired) electrons. The van der Waals surface area contributed by atoms with Crippen LogP contribution in [0.25, 0.3) is 0 Å². The van der Waals surface area contributed by atoms with Gasteiger partial charge in [0.1, 0.15) is 0 Å².